The van der Waals surface area contributed by atoms with E-state index in [0.29, 0.717) is 12.8 Å². The Bertz CT molecular complexity index is 1190. The summed E-state index contributed by atoms with van der Waals surface area (Å²) in [5.41, 5.74) is -2.19. The van der Waals surface area contributed by atoms with Crippen LogP contribution in [0.2, 0.25) is 0 Å². The highest BCUT2D eigenvalue weighted by molar-refractivity contribution is 5.98. The summed E-state index contributed by atoms with van der Waals surface area (Å²) in [7, 11) is 0. The van der Waals surface area contributed by atoms with E-state index in [1.165, 1.54) is 13.8 Å². The molecule has 11 atom stereocenters. The van der Waals surface area contributed by atoms with Crippen molar-refractivity contribution in [2.75, 3.05) is 0 Å². The fourth-order valence-corrected chi connectivity index (χ4v) is 10.6. The molecule has 8 nitrogen and oxygen atoms in total. The lowest BCUT2D eigenvalue weighted by molar-refractivity contribution is -0.287. The molecule has 0 aromatic carbocycles. The van der Waals surface area contributed by atoms with Gasteiger partial charge in [0, 0.05) is 47.5 Å². The molecule has 1 aliphatic heterocycles. The number of fused-ring (bicyclic) bond motifs is 3. The summed E-state index contributed by atoms with van der Waals surface area (Å²) in [6.45, 7) is 13.4. The Hall–Kier alpha value is -2.19. The minimum absolute atomic E-state index is 0.0608. The standard InChI is InChI=1S/C30H40O8/c1-15(31)36-21-13-22(37-16(2)32)28(6)18-8-10-27(5)23(17-9-11-35-14-17)24(34)25-30(27,38-25)29(18,7)20(33)12-19(28)26(21,3)4/h9,11,14,18-23,25,33H,8,10,12-13H2,1-7H3/t18-,19-,20-,21-,22+,23+,25+,27-,28+,29-,30+/m0/s1. The van der Waals surface area contributed by atoms with Crippen LogP contribution in [-0.2, 0) is 28.6 Å². The van der Waals surface area contributed by atoms with E-state index in [2.05, 4.69) is 34.6 Å². The van der Waals surface area contributed by atoms with E-state index in [-0.39, 0.29) is 35.5 Å². The van der Waals surface area contributed by atoms with E-state index in [1.54, 1.807) is 12.5 Å². The maximum Gasteiger partial charge on any atom is 0.302 e. The van der Waals surface area contributed by atoms with Crippen LogP contribution < -0.4 is 0 Å². The Kier molecular flexibility index (Phi) is 5.29. The van der Waals surface area contributed by atoms with Crippen molar-refractivity contribution in [3.05, 3.63) is 24.2 Å². The Morgan fingerprint density at radius 3 is 2.26 bits per heavy atom. The molecule has 1 N–H and O–H groups in total. The SMILES string of the molecule is CC(=O)O[C@H]1C[C@@H](OC(C)=O)[C@@]2(C)[C@@H](C[C@H](O)[C@]3(C)[C@H]2CC[C@@]2(C)[C@H](c4ccoc4)C(=O)[C@H]4O[C@@]432)C1(C)C. The van der Waals surface area contributed by atoms with Crippen molar-refractivity contribution in [3.8, 4) is 0 Å². The van der Waals surface area contributed by atoms with Gasteiger partial charge in [-0.05, 0) is 37.2 Å². The normalized spacial score (nSPS) is 50.2. The first kappa shape index (κ1) is 26.1. The number of hydrogen-bond donors (Lipinski definition) is 1. The third kappa shape index (κ3) is 2.81. The molecule has 38 heavy (non-hydrogen) atoms. The Morgan fingerprint density at radius 1 is 1.00 bits per heavy atom. The minimum atomic E-state index is -0.813. The van der Waals surface area contributed by atoms with Crippen molar-refractivity contribution in [3.63, 3.8) is 0 Å². The summed E-state index contributed by atoms with van der Waals surface area (Å²) in [6, 6.07) is 1.87. The largest absolute Gasteiger partial charge is 0.472 e. The second-order valence-electron chi connectivity index (χ2n) is 13.8. The van der Waals surface area contributed by atoms with Gasteiger partial charge < -0.3 is 23.7 Å². The lowest BCUT2D eigenvalue weighted by Crippen LogP contribution is -2.73. The summed E-state index contributed by atoms with van der Waals surface area (Å²) < 4.78 is 23.7. The number of aliphatic hydroxyl groups is 1. The number of rotatable bonds is 3. The zero-order valence-electron chi connectivity index (χ0n) is 23.4. The molecule has 2 heterocycles. The summed E-state index contributed by atoms with van der Waals surface area (Å²) in [4.78, 5) is 38.2. The van der Waals surface area contributed by atoms with Crippen molar-refractivity contribution in [1.29, 1.82) is 0 Å². The van der Waals surface area contributed by atoms with E-state index >= 15 is 0 Å². The van der Waals surface area contributed by atoms with Crippen LogP contribution >= 0.6 is 0 Å². The molecule has 1 spiro atoms. The van der Waals surface area contributed by atoms with Crippen molar-refractivity contribution in [1.82, 2.24) is 0 Å². The van der Waals surface area contributed by atoms with Gasteiger partial charge in [0.15, 0.2) is 5.78 Å². The van der Waals surface area contributed by atoms with Crippen LogP contribution in [0.25, 0.3) is 0 Å². The molecule has 5 fully saturated rings. The molecule has 4 aliphatic carbocycles. The summed E-state index contributed by atoms with van der Waals surface area (Å²) >= 11 is 0. The second-order valence-corrected chi connectivity index (χ2v) is 13.8. The highest BCUT2D eigenvalue weighted by atomic mass is 16.6. The number of esters is 2. The Balaban J connectivity index is 1.48. The quantitative estimate of drug-likeness (QED) is 0.459. The third-order valence-electron chi connectivity index (χ3n) is 12.1. The summed E-state index contributed by atoms with van der Waals surface area (Å²) in [5, 5.41) is 12.1. The topological polar surface area (TPSA) is 116 Å². The van der Waals surface area contributed by atoms with Crippen LogP contribution in [0.3, 0.4) is 0 Å². The van der Waals surface area contributed by atoms with Crippen LogP contribution in [0, 0.1) is 33.5 Å². The van der Waals surface area contributed by atoms with Gasteiger partial charge in [0.1, 0.15) is 23.9 Å². The molecule has 1 saturated heterocycles. The maximum atomic E-state index is 13.8. The highest BCUT2D eigenvalue weighted by Crippen LogP contribution is 2.82. The molecule has 0 unspecified atom stereocenters. The monoisotopic (exact) mass is 528 g/mol. The van der Waals surface area contributed by atoms with Gasteiger partial charge >= 0.3 is 11.9 Å². The predicted molar refractivity (Wildman–Crippen MR) is 135 cm³/mol. The van der Waals surface area contributed by atoms with Gasteiger partial charge in [-0.3, -0.25) is 14.4 Å². The molecule has 1 aromatic heterocycles. The highest BCUT2D eigenvalue weighted by Gasteiger charge is 2.90. The molecule has 208 valence electrons. The summed E-state index contributed by atoms with van der Waals surface area (Å²) in [6.07, 6.45) is 3.30. The Morgan fingerprint density at radius 2 is 1.66 bits per heavy atom. The number of carbonyl (C=O) groups excluding carboxylic acids is 3. The zero-order chi connectivity index (χ0) is 27.6. The number of furan rings is 1. The molecule has 0 radical (unpaired) electrons. The fraction of sp³-hybridized carbons (Fsp3) is 0.767. The van der Waals surface area contributed by atoms with Gasteiger partial charge in [-0.2, -0.15) is 0 Å². The van der Waals surface area contributed by atoms with Crippen molar-refractivity contribution >= 4 is 17.7 Å². The molecular formula is C30H40O8. The smallest absolute Gasteiger partial charge is 0.302 e. The van der Waals surface area contributed by atoms with E-state index in [4.69, 9.17) is 18.6 Å². The number of Topliss-reactive ketones (excluding diaryl/α,β-unsaturated/α-hetero) is 1. The van der Waals surface area contributed by atoms with Gasteiger partial charge in [-0.15, -0.1) is 0 Å². The molecule has 6 rings (SSSR count). The average molecular weight is 529 g/mol. The van der Waals surface area contributed by atoms with Crippen molar-refractivity contribution < 1.29 is 38.1 Å². The van der Waals surface area contributed by atoms with Crippen LogP contribution in [0.5, 0.6) is 0 Å². The van der Waals surface area contributed by atoms with Crippen LogP contribution in [0.15, 0.2) is 23.0 Å². The molecule has 1 aromatic rings. The number of ketones is 1. The summed E-state index contributed by atoms with van der Waals surface area (Å²) in [5.74, 6) is -1.21. The predicted octanol–water partition coefficient (Wildman–Crippen LogP) is 4.19. The van der Waals surface area contributed by atoms with Crippen molar-refractivity contribution in [2.24, 2.45) is 33.5 Å². The van der Waals surface area contributed by atoms with E-state index in [0.717, 1.165) is 18.4 Å². The number of ether oxygens (including phenoxy) is 3. The number of epoxide rings is 1. The zero-order valence-corrected chi connectivity index (χ0v) is 23.4. The lowest BCUT2D eigenvalue weighted by Gasteiger charge is -2.70. The third-order valence-corrected chi connectivity index (χ3v) is 12.1. The van der Waals surface area contributed by atoms with Crippen LogP contribution in [-0.4, -0.2) is 52.8 Å². The molecular weight excluding hydrogens is 488 g/mol. The van der Waals surface area contributed by atoms with Crippen LogP contribution in [0.1, 0.15) is 85.6 Å². The number of carbonyl (C=O) groups is 3. The van der Waals surface area contributed by atoms with Gasteiger partial charge in [0.25, 0.3) is 0 Å². The van der Waals surface area contributed by atoms with E-state index in [9.17, 15) is 19.5 Å². The van der Waals surface area contributed by atoms with Crippen LogP contribution in [0.4, 0.5) is 0 Å². The first-order valence-electron chi connectivity index (χ1n) is 13.9. The van der Waals surface area contributed by atoms with Crippen molar-refractivity contribution in [2.45, 2.75) is 110 Å². The first-order valence-corrected chi connectivity index (χ1v) is 13.9. The maximum absolute atomic E-state index is 13.8. The second kappa shape index (κ2) is 7.72. The molecule has 8 heteroatoms. The molecule has 5 aliphatic rings. The molecule has 0 amide bonds. The number of aliphatic hydroxyl groups excluding tert-OH is 1. The fourth-order valence-electron chi connectivity index (χ4n) is 10.6. The average Bonchev–Trinajstić information content (AvgIpc) is 3.30. The number of hydrogen-bond acceptors (Lipinski definition) is 8. The van der Waals surface area contributed by atoms with Gasteiger partial charge in [-0.1, -0.05) is 34.6 Å². The molecule has 4 saturated carbocycles. The van der Waals surface area contributed by atoms with E-state index in [1.807, 2.05) is 6.07 Å². The van der Waals surface area contributed by atoms with Gasteiger partial charge in [-0.25, -0.2) is 0 Å². The van der Waals surface area contributed by atoms with E-state index < -0.39 is 51.7 Å². The van der Waals surface area contributed by atoms with Gasteiger partial charge in [0.2, 0.25) is 0 Å². The first-order chi connectivity index (χ1) is 17.7. The lowest BCUT2D eigenvalue weighted by atomic mass is 9.35. The molecule has 0 bridgehead atoms. The minimum Gasteiger partial charge on any atom is -0.472 e. The van der Waals surface area contributed by atoms with Gasteiger partial charge in [0.05, 0.1) is 24.5 Å². The Labute approximate surface area is 223 Å².